The highest BCUT2D eigenvalue weighted by atomic mass is 32.2. The van der Waals surface area contributed by atoms with E-state index in [2.05, 4.69) is 9.71 Å². The molecule has 1 fully saturated rings. The van der Waals surface area contributed by atoms with Crippen molar-refractivity contribution in [2.45, 2.75) is 26.8 Å². The van der Waals surface area contributed by atoms with Crippen molar-refractivity contribution in [2.75, 3.05) is 26.0 Å². The standard InChI is InChI=1S/C16H25N3O4S/c1-5-23-15-12(7-6-8-17-15)16(20)19-9-13(11(2)3)14(10-19)18-24(4,21)22/h6-8,11,13-14,18H,5,9-10H2,1-4H3. The van der Waals surface area contributed by atoms with Crippen molar-refractivity contribution in [2.24, 2.45) is 11.8 Å². The molecule has 1 aromatic heterocycles. The summed E-state index contributed by atoms with van der Waals surface area (Å²) in [6.45, 7) is 7.17. The molecular formula is C16H25N3O4S. The highest BCUT2D eigenvalue weighted by molar-refractivity contribution is 7.88. The van der Waals surface area contributed by atoms with Gasteiger partial charge in [0, 0.05) is 25.3 Å². The molecule has 2 atom stereocenters. The molecule has 24 heavy (non-hydrogen) atoms. The van der Waals surface area contributed by atoms with E-state index < -0.39 is 10.0 Å². The van der Waals surface area contributed by atoms with Crippen molar-refractivity contribution in [3.05, 3.63) is 23.9 Å². The van der Waals surface area contributed by atoms with Crippen molar-refractivity contribution < 1.29 is 17.9 Å². The Labute approximate surface area is 143 Å². The van der Waals surface area contributed by atoms with Crippen LogP contribution in [0.1, 0.15) is 31.1 Å². The number of sulfonamides is 1. The van der Waals surface area contributed by atoms with Gasteiger partial charge in [-0.25, -0.2) is 18.1 Å². The molecule has 0 spiro atoms. The van der Waals surface area contributed by atoms with E-state index in [1.54, 1.807) is 23.2 Å². The van der Waals surface area contributed by atoms with Crippen LogP contribution in [0.4, 0.5) is 0 Å². The van der Waals surface area contributed by atoms with Crippen LogP contribution in [0.3, 0.4) is 0 Å². The summed E-state index contributed by atoms with van der Waals surface area (Å²) in [5, 5.41) is 0. The molecule has 1 aliphatic rings. The van der Waals surface area contributed by atoms with Crippen molar-refractivity contribution in [1.82, 2.24) is 14.6 Å². The molecule has 7 nitrogen and oxygen atoms in total. The molecule has 2 rings (SSSR count). The van der Waals surface area contributed by atoms with Gasteiger partial charge in [-0.15, -0.1) is 0 Å². The number of aromatic nitrogens is 1. The molecule has 0 saturated carbocycles. The summed E-state index contributed by atoms with van der Waals surface area (Å²) >= 11 is 0. The number of likely N-dealkylation sites (tertiary alicyclic amines) is 1. The first kappa shape index (κ1) is 18.7. The van der Waals surface area contributed by atoms with E-state index in [1.165, 1.54) is 0 Å². The zero-order chi connectivity index (χ0) is 17.9. The lowest BCUT2D eigenvalue weighted by Crippen LogP contribution is -2.41. The maximum Gasteiger partial charge on any atom is 0.259 e. The molecule has 0 aromatic carbocycles. The van der Waals surface area contributed by atoms with Gasteiger partial charge >= 0.3 is 0 Å². The van der Waals surface area contributed by atoms with Gasteiger partial charge in [0.15, 0.2) is 0 Å². The first-order chi connectivity index (χ1) is 11.2. The maximum atomic E-state index is 12.9. The topological polar surface area (TPSA) is 88.6 Å². The van der Waals surface area contributed by atoms with Gasteiger partial charge in [-0.3, -0.25) is 4.79 Å². The van der Waals surface area contributed by atoms with Crippen molar-refractivity contribution in [3.63, 3.8) is 0 Å². The molecule has 1 amide bonds. The molecule has 1 saturated heterocycles. The third-order valence-electron chi connectivity index (χ3n) is 4.16. The minimum absolute atomic E-state index is 0.0656. The van der Waals surface area contributed by atoms with Crippen LogP contribution in [0.25, 0.3) is 0 Å². The smallest absolute Gasteiger partial charge is 0.259 e. The van der Waals surface area contributed by atoms with Gasteiger partial charge < -0.3 is 9.64 Å². The fraction of sp³-hybridized carbons (Fsp3) is 0.625. The zero-order valence-corrected chi connectivity index (χ0v) is 15.3. The third kappa shape index (κ3) is 4.45. The first-order valence-corrected chi connectivity index (χ1v) is 9.96. The lowest BCUT2D eigenvalue weighted by molar-refractivity contribution is 0.0778. The number of nitrogens with one attached hydrogen (secondary N) is 1. The van der Waals surface area contributed by atoms with Crippen LogP contribution in [0.5, 0.6) is 5.88 Å². The molecule has 0 aliphatic carbocycles. The lowest BCUT2D eigenvalue weighted by Gasteiger charge is -2.21. The van der Waals surface area contributed by atoms with E-state index >= 15 is 0 Å². The minimum Gasteiger partial charge on any atom is -0.477 e. The Morgan fingerprint density at radius 1 is 1.46 bits per heavy atom. The van der Waals surface area contributed by atoms with E-state index in [0.717, 1.165) is 6.26 Å². The summed E-state index contributed by atoms with van der Waals surface area (Å²) < 4.78 is 31.3. The second-order valence-electron chi connectivity index (χ2n) is 6.40. The summed E-state index contributed by atoms with van der Waals surface area (Å²) in [7, 11) is -3.33. The van der Waals surface area contributed by atoms with E-state index in [1.807, 2.05) is 20.8 Å². The number of ether oxygens (including phenoxy) is 1. The second-order valence-corrected chi connectivity index (χ2v) is 8.18. The van der Waals surface area contributed by atoms with Crippen LogP contribution < -0.4 is 9.46 Å². The van der Waals surface area contributed by atoms with Gasteiger partial charge in [0.25, 0.3) is 5.91 Å². The average Bonchev–Trinajstić information content (AvgIpc) is 2.89. The number of rotatable bonds is 6. The van der Waals surface area contributed by atoms with Gasteiger partial charge in [0.1, 0.15) is 5.56 Å². The molecule has 1 aliphatic heterocycles. The Hall–Kier alpha value is -1.67. The van der Waals surface area contributed by atoms with E-state index in [-0.39, 0.29) is 23.8 Å². The lowest BCUT2D eigenvalue weighted by atomic mass is 9.92. The fourth-order valence-electron chi connectivity index (χ4n) is 3.05. The Kier molecular flexibility index (Phi) is 5.82. The number of hydrogen-bond donors (Lipinski definition) is 1. The predicted octanol–water partition coefficient (Wildman–Crippen LogP) is 1.13. The summed E-state index contributed by atoms with van der Waals surface area (Å²) in [6.07, 6.45) is 2.72. The molecule has 134 valence electrons. The summed E-state index contributed by atoms with van der Waals surface area (Å²) in [6, 6.07) is 3.09. The molecule has 1 aromatic rings. The number of carbonyl (C=O) groups is 1. The van der Waals surface area contributed by atoms with Crippen LogP contribution in [0, 0.1) is 11.8 Å². The molecule has 0 bridgehead atoms. The minimum atomic E-state index is -3.33. The van der Waals surface area contributed by atoms with Crippen molar-refractivity contribution >= 4 is 15.9 Å². The third-order valence-corrected chi connectivity index (χ3v) is 4.89. The van der Waals surface area contributed by atoms with E-state index in [9.17, 15) is 13.2 Å². The number of nitrogens with zero attached hydrogens (tertiary/aromatic N) is 2. The van der Waals surface area contributed by atoms with Gasteiger partial charge in [-0.1, -0.05) is 13.8 Å². The molecular weight excluding hydrogens is 330 g/mol. The van der Waals surface area contributed by atoms with Gasteiger partial charge in [-0.2, -0.15) is 0 Å². The molecule has 2 unspecified atom stereocenters. The summed E-state index contributed by atoms with van der Waals surface area (Å²) in [5.74, 6) is 0.443. The van der Waals surface area contributed by atoms with Crippen molar-refractivity contribution in [1.29, 1.82) is 0 Å². The van der Waals surface area contributed by atoms with Gasteiger partial charge in [0.2, 0.25) is 15.9 Å². The summed E-state index contributed by atoms with van der Waals surface area (Å²) in [4.78, 5) is 18.6. The molecule has 8 heteroatoms. The van der Waals surface area contributed by atoms with Crippen LogP contribution in [-0.2, 0) is 10.0 Å². The van der Waals surface area contributed by atoms with Crippen LogP contribution in [0.15, 0.2) is 18.3 Å². The van der Waals surface area contributed by atoms with Gasteiger partial charge in [-0.05, 0) is 30.9 Å². The van der Waals surface area contributed by atoms with Crippen molar-refractivity contribution in [3.8, 4) is 5.88 Å². The van der Waals surface area contributed by atoms with E-state index in [4.69, 9.17) is 4.74 Å². The second kappa shape index (κ2) is 7.48. The Morgan fingerprint density at radius 2 is 2.17 bits per heavy atom. The number of pyridine rings is 1. The highest BCUT2D eigenvalue weighted by Crippen LogP contribution is 2.27. The highest BCUT2D eigenvalue weighted by Gasteiger charge is 2.39. The van der Waals surface area contributed by atoms with Gasteiger partial charge in [0.05, 0.1) is 12.9 Å². The predicted molar refractivity (Wildman–Crippen MR) is 91.4 cm³/mol. The Morgan fingerprint density at radius 3 is 2.75 bits per heavy atom. The van der Waals surface area contributed by atoms with Crippen LogP contribution in [-0.4, -0.2) is 56.2 Å². The fourth-order valence-corrected chi connectivity index (χ4v) is 3.84. The Balaban J connectivity index is 2.22. The normalized spacial score (nSPS) is 21.3. The Bertz CT molecular complexity index is 690. The number of amides is 1. The van der Waals surface area contributed by atoms with Crippen LogP contribution >= 0.6 is 0 Å². The number of hydrogen-bond acceptors (Lipinski definition) is 5. The first-order valence-electron chi connectivity index (χ1n) is 8.07. The summed E-state index contributed by atoms with van der Waals surface area (Å²) in [5.41, 5.74) is 0.405. The maximum absolute atomic E-state index is 12.9. The molecule has 2 heterocycles. The number of carbonyl (C=O) groups excluding carboxylic acids is 1. The monoisotopic (exact) mass is 355 g/mol. The SMILES string of the molecule is CCOc1ncccc1C(=O)N1CC(NS(C)(=O)=O)C(C(C)C)C1. The van der Waals surface area contributed by atoms with E-state index in [0.29, 0.717) is 31.1 Å². The largest absolute Gasteiger partial charge is 0.477 e. The zero-order valence-electron chi connectivity index (χ0n) is 14.5. The molecule has 0 radical (unpaired) electrons. The quantitative estimate of drug-likeness (QED) is 0.826. The molecule has 1 N–H and O–H groups in total. The van der Waals surface area contributed by atoms with Crippen LogP contribution in [0.2, 0.25) is 0 Å². The average molecular weight is 355 g/mol.